The second-order valence-corrected chi connectivity index (χ2v) is 9.56. The van der Waals surface area contributed by atoms with E-state index in [1.54, 1.807) is 48.8 Å². The van der Waals surface area contributed by atoms with Gasteiger partial charge in [-0.25, -0.2) is 14.4 Å². The summed E-state index contributed by atoms with van der Waals surface area (Å²) in [7, 11) is 0. The van der Waals surface area contributed by atoms with Gasteiger partial charge in [-0.3, -0.25) is 14.6 Å². The molecule has 194 valence electrons. The fraction of sp³-hybridized carbons (Fsp3) is 0.222. The predicted octanol–water partition coefficient (Wildman–Crippen LogP) is 3.70. The second-order valence-electron chi connectivity index (χ2n) is 9.56. The standard InChI is InChI=1S/C27H25FN6O4/c1-27(2,37)22(28)13-34-12-17-8-20(18(10-19(17)26(34)36)16-4-3-6-30-11-16)32-24(35)21-14-38-25(33-21)15-5-7-31-23(29)9-15/h3-11,14,22,37H,12-13H2,1-2H3,(H2,29,31)(H,32,35). The van der Waals surface area contributed by atoms with Crippen LogP contribution in [-0.4, -0.2) is 55.1 Å². The molecule has 5 rings (SSSR count). The summed E-state index contributed by atoms with van der Waals surface area (Å²) in [6.07, 6.45) is 4.35. The Bertz CT molecular complexity index is 1520. The maximum atomic E-state index is 14.6. The summed E-state index contributed by atoms with van der Waals surface area (Å²) < 4.78 is 20.0. The van der Waals surface area contributed by atoms with Crippen molar-refractivity contribution in [1.82, 2.24) is 19.9 Å². The number of nitrogen functional groups attached to an aromatic ring is 1. The number of aliphatic hydroxyl groups is 1. The highest BCUT2D eigenvalue weighted by Crippen LogP contribution is 2.35. The summed E-state index contributed by atoms with van der Waals surface area (Å²) in [5, 5.41) is 12.8. The van der Waals surface area contributed by atoms with E-state index in [2.05, 4.69) is 20.3 Å². The van der Waals surface area contributed by atoms with Gasteiger partial charge in [0.2, 0.25) is 5.89 Å². The maximum absolute atomic E-state index is 14.6. The quantitative estimate of drug-likeness (QED) is 0.337. The number of halogens is 1. The molecule has 2 amide bonds. The predicted molar refractivity (Wildman–Crippen MR) is 138 cm³/mol. The molecular weight excluding hydrogens is 491 g/mol. The molecule has 4 N–H and O–H groups in total. The van der Waals surface area contributed by atoms with Crippen molar-refractivity contribution in [2.75, 3.05) is 17.6 Å². The molecule has 0 spiro atoms. The number of rotatable bonds is 7. The van der Waals surface area contributed by atoms with Gasteiger partial charge in [-0.05, 0) is 49.7 Å². The molecule has 4 aromatic rings. The van der Waals surface area contributed by atoms with Crippen LogP contribution in [0.3, 0.4) is 0 Å². The summed E-state index contributed by atoms with van der Waals surface area (Å²) >= 11 is 0. The smallest absolute Gasteiger partial charge is 0.277 e. The molecule has 4 heterocycles. The molecule has 38 heavy (non-hydrogen) atoms. The summed E-state index contributed by atoms with van der Waals surface area (Å²) in [5.74, 6) is -0.387. The molecular formula is C27H25FN6O4. The van der Waals surface area contributed by atoms with Crippen LogP contribution in [0, 0.1) is 0 Å². The van der Waals surface area contributed by atoms with Crippen molar-refractivity contribution in [2.24, 2.45) is 0 Å². The molecule has 1 atom stereocenters. The van der Waals surface area contributed by atoms with Gasteiger partial charge in [-0.15, -0.1) is 0 Å². The van der Waals surface area contributed by atoms with Crippen molar-refractivity contribution < 1.29 is 23.5 Å². The number of oxazole rings is 1. The Morgan fingerprint density at radius 2 is 2.05 bits per heavy atom. The SMILES string of the molecule is CC(C)(O)C(F)CN1Cc2cc(NC(=O)c3coc(-c4ccnc(N)c4)n3)c(-c3cccnc3)cc2C1=O. The number of carbonyl (C=O) groups is 2. The molecule has 1 aliphatic rings. The summed E-state index contributed by atoms with van der Waals surface area (Å²) in [5.41, 5.74) is 7.41. The number of hydrogen-bond acceptors (Lipinski definition) is 8. The highest BCUT2D eigenvalue weighted by Gasteiger charge is 2.35. The Balaban J connectivity index is 1.46. The van der Waals surface area contributed by atoms with Crippen LogP contribution in [0.5, 0.6) is 0 Å². The molecule has 0 saturated carbocycles. The van der Waals surface area contributed by atoms with Crippen molar-refractivity contribution in [3.05, 3.63) is 78.1 Å². The van der Waals surface area contributed by atoms with E-state index in [4.69, 9.17) is 10.2 Å². The molecule has 1 aromatic carbocycles. The van der Waals surface area contributed by atoms with Crippen LogP contribution in [0.4, 0.5) is 15.9 Å². The molecule has 0 fully saturated rings. The first kappa shape index (κ1) is 25.0. The number of nitrogens with one attached hydrogen (secondary N) is 1. The third-order valence-electron chi connectivity index (χ3n) is 6.26. The van der Waals surface area contributed by atoms with Gasteiger partial charge in [0.15, 0.2) is 5.69 Å². The number of nitrogens with zero attached hydrogens (tertiary/aromatic N) is 4. The lowest BCUT2D eigenvalue weighted by Crippen LogP contribution is -2.42. The number of anilines is 2. The second kappa shape index (κ2) is 9.67. The van der Waals surface area contributed by atoms with Crippen LogP contribution in [-0.2, 0) is 6.54 Å². The summed E-state index contributed by atoms with van der Waals surface area (Å²) in [6.45, 7) is 2.59. The first-order valence-electron chi connectivity index (χ1n) is 11.8. The normalized spacial score (nSPS) is 13.9. The number of nitrogens with two attached hydrogens (primary N) is 1. The van der Waals surface area contributed by atoms with Gasteiger partial charge in [0.1, 0.15) is 18.3 Å². The molecule has 0 bridgehead atoms. The van der Waals surface area contributed by atoms with Crippen molar-refractivity contribution in [3.63, 3.8) is 0 Å². The lowest BCUT2D eigenvalue weighted by molar-refractivity contribution is -0.0159. The Kier molecular flexibility index (Phi) is 6.37. The van der Waals surface area contributed by atoms with Crippen molar-refractivity contribution in [3.8, 4) is 22.6 Å². The Morgan fingerprint density at radius 3 is 2.76 bits per heavy atom. The van der Waals surface area contributed by atoms with Gasteiger partial charge in [0.05, 0.1) is 12.1 Å². The average molecular weight is 517 g/mol. The topological polar surface area (TPSA) is 147 Å². The van der Waals surface area contributed by atoms with Crippen LogP contribution in [0.2, 0.25) is 0 Å². The average Bonchev–Trinajstić information content (AvgIpc) is 3.49. The zero-order valence-corrected chi connectivity index (χ0v) is 20.7. The van der Waals surface area contributed by atoms with E-state index in [-0.39, 0.29) is 36.4 Å². The summed E-state index contributed by atoms with van der Waals surface area (Å²) in [6, 6.07) is 10.1. The highest BCUT2D eigenvalue weighted by molar-refractivity contribution is 6.07. The molecule has 1 aliphatic heterocycles. The zero-order chi connectivity index (χ0) is 27.0. The van der Waals surface area contributed by atoms with E-state index in [0.29, 0.717) is 33.5 Å². The minimum absolute atomic E-state index is 0.0381. The fourth-order valence-electron chi connectivity index (χ4n) is 4.13. The van der Waals surface area contributed by atoms with Crippen LogP contribution >= 0.6 is 0 Å². The van der Waals surface area contributed by atoms with Crippen LogP contribution in [0.15, 0.2) is 65.7 Å². The van der Waals surface area contributed by atoms with Gasteiger partial charge >= 0.3 is 0 Å². The van der Waals surface area contributed by atoms with Crippen LogP contribution in [0.1, 0.15) is 40.3 Å². The molecule has 0 radical (unpaired) electrons. The van der Waals surface area contributed by atoms with E-state index in [9.17, 15) is 19.1 Å². The first-order chi connectivity index (χ1) is 18.1. The lowest BCUT2D eigenvalue weighted by Gasteiger charge is -2.26. The number of fused-ring (bicyclic) bond motifs is 1. The first-order valence-corrected chi connectivity index (χ1v) is 11.8. The van der Waals surface area contributed by atoms with Crippen LogP contribution < -0.4 is 11.1 Å². The third kappa shape index (κ3) is 4.96. The number of carbonyl (C=O) groups excluding carboxylic acids is 2. The molecule has 3 aromatic heterocycles. The van der Waals surface area contributed by atoms with E-state index in [0.717, 1.165) is 0 Å². The number of hydrogen-bond donors (Lipinski definition) is 3. The van der Waals surface area contributed by atoms with E-state index < -0.39 is 17.7 Å². The van der Waals surface area contributed by atoms with Crippen molar-refractivity contribution >= 4 is 23.3 Å². The lowest BCUT2D eigenvalue weighted by atomic mass is 9.99. The Morgan fingerprint density at radius 1 is 1.24 bits per heavy atom. The fourth-order valence-corrected chi connectivity index (χ4v) is 4.13. The Labute approximate surface area is 217 Å². The number of benzene rings is 1. The van der Waals surface area contributed by atoms with E-state index in [1.165, 1.54) is 31.2 Å². The monoisotopic (exact) mass is 516 g/mol. The largest absolute Gasteiger partial charge is 0.444 e. The zero-order valence-electron chi connectivity index (χ0n) is 20.7. The maximum Gasteiger partial charge on any atom is 0.277 e. The van der Waals surface area contributed by atoms with Gasteiger partial charge in [0.25, 0.3) is 11.8 Å². The van der Waals surface area contributed by atoms with Gasteiger partial charge in [-0.2, -0.15) is 0 Å². The number of pyridine rings is 2. The van der Waals surface area contributed by atoms with Gasteiger partial charge < -0.3 is 25.5 Å². The molecule has 0 aliphatic carbocycles. The molecule has 10 nitrogen and oxygen atoms in total. The van der Waals surface area contributed by atoms with Crippen molar-refractivity contribution in [1.29, 1.82) is 0 Å². The summed E-state index contributed by atoms with van der Waals surface area (Å²) in [4.78, 5) is 39.9. The van der Waals surface area contributed by atoms with E-state index >= 15 is 0 Å². The van der Waals surface area contributed by atoms with Gasteiger partial charge in [0, 0.05) is 53.1 Å². The van der Waals surface area contributed by atoms with E-state index in [1.807, 2.05) is 0 Å². The molecule has 1 unspecified atom stereocenters. The third-order valence-corrected chi connectivity index (χ3v) is 6.26. The minimum atomic E-state index is -1.63. The molecule has 0 saturated heterocycles. The van der Waals surface area contributed by atoms with Crippen LogP contribution in [0.25, 0.3) is 22.6 Å². The number of alkyl halides is 1. The van der Waals surface area contributed by atoms with Gasteiger partial charge in [-0.1, -0.05) is 6.07 Å². The minimum Gasteiger partial charge on any atom is -0.444 e. The Hall–Kier alpha value is -4.64. The number of aromatic nitrogens is 3. The molecule has 11 heteroatoms. The van der Waals surface area contributed by atoms with Crippen molar-refractivity contribution in [2.45, 2.75) is 32.2 Å². The number of amides is 2. The highest BCUT2D eigenvalue weighted by atomic mass is 19.1.